The minimum absolute atomic E-state index is 0.235. The van der Waals surface area contributed by atoms with E-state index in [2.05, 4.69) is 5.32 Å². The molecular formula is C11H12FNO3S. The van der Waals surface area contributed by atoms with E-state index in [9.17, 15) is 14.0 Å². The van der Waals surface area contributed by atoms with E-state index < -0.39 is 23.7 Å². The van der Waals surface area contributed by atoms with Gasteiger partial charge in [0.05, 0.1) is 0 Å². The Balaban J connectivity index is 2.70. The van der Waals surface area contributed by atoms with Crippen LogP contribution in [-0.2, 0) is 4.79 Å². The zero-order valence-corrected chi connectivity index (χ0v) is 9.96. The van der Waals surface area contributed by atoms with E-state index in [4.69, 9.17) is 5.11 Å². The fraction of sp³-hybridized carbons (Fsp3) is 0.273. The standard InChI is InChI=1S/C11H12FNO3S/c1-17-6-9(11(15)16)13-10(14)7-2-4-8(12)5-3-7/h2-5,9H,6H2,1H3,(H,13,14)(H,15,16)/t9-/m0/s1. The number of rotatable bonds is 5. The summed E-state index contributed by atoms with van der Waals surface area (Å²) < 4.78 is 12.6. The monoisotopic (exact) mass is 257 g/mol. The van der Waals surface area contributed by atoms with Crippen molar-refractivity contribution in [3.8, 4) is 0 Å². The summed E-state index contributed by atoms with van der Waals surface area (Å²) in [5.74, 6) is -1.77. The molecule has 0 unspecified atom stereocenters. The van der Waals surface area contributed by atoms with Crippen molar-refractivity contribution in [1.82, 2.24) is 5.32 Å². The highest BCUT2D eigenvalue weighted by Gasteiger charge is 2.19. The van der Waals surface area contributed by atoms with Crippen LogP contribution in [0.25, 0.3) is 0 Å². The predicted molar refractivity (Wildman–Crippen MR) is 63.7 cm³/mol. The molecule has 0 saturated heterocycles. The van der Waals surface area contributed by atoms with E-state index in [0.717, 1.165) is 12.1 Å². The van der Waals surface area contributed by atoms with Crippen LogP contribution in [0.15, 0.2) is 24.3 Å². The fourth-order valence-electron chi connectivity index (χ4n) is 1.18. The highest BCUT2D eigenvalue weighted by atomic mass is 32.2. The molecule has 0 heterocycles. The van der Waals surface area contributed by atoms with E-state index in [0.29, 0.717) is 0 Å². The molecule has 1 aromatic rings. The molecule has 1 rings (SSSR count). The number of thioether (sulfide) groups is 1. The number of carboxylic acids is 1. The van der Waals surface area contributed by atoms with Crippen LogP contribution in [0, 0.1) is 5.82 Å². The second kappa shape index (κ2) is 6.24. The molecule has 4 nitrogen and oxygen atoms in total. The molecule has 0 aromatic heterocycles. The van der Waals surface area contributed by atoms with Crippen molar-refractivity contribution < 1.29 is 19.1 Å². The van der Waals surface area contributed by atoms with Crippen LogP contribution in [0.5, 0.6) is 0 Å². The van der Waals surface area contributed by atoms with Gasteiger partial charge < -0.3 is 10.4 Å². The number of benzene rings is 1. The van der Waals surface area contributed by atoms with Crippen LogP contribution in [0.1, 0.15) is 10.4 Å². The van der Waals surface area contributed by atoms with Crippen molar-refractivity contribution in [3.05, 3.63) is 35.6 Å². The maximum Gasteiger partial charge on any atom is 0.327 e. The number of nitrogens with one attached hydrogen (secondary N) is 1. The highest BCUT2D eigenvalue weighted by molar-refractivity contribution is 7.98. The molecule has 1 amide bonds. The molecule has 6 heteroatoms. The molecular weight excluding hydrogens is 245 g/mol. The van der Waals surface area contributed by atoms with Crippen LogP contribution in [-0.4, -0.2) is 35.0 Å². The van der Waals surface area contributed by atoms with Gasteiger partial charge in [-0.15, -0.1) is 0 Å². The van der Waals surface area contributed by atoms with Gasteiger partial charge in [-0.1, -0.05) is 0 Å². The molecule has 0 spiro atoms. The number of hydrogen-bond acceptors (Lipinski definition) is 3. The lowest BCUT2D eigenvalue weighted by atomic mass is 10.2. The Morgan fingerprint density at radius 3 is 2.47 bits per heavy atom. The van der Waals surface area contributed by atoms with E-state index in [1.807, 2.05) is 0 Å². The van der Waals surface area contributed by atoms with Crippen LogP contribution >= 0.6 is 11.8 Å². The molecule has 2 N–H and O–H groups in total. The fourth-order valence-corrected chi connectivity index (χ4v) is 1.74. The predicted octanol–water partition coefficient (Wildman–Crippen LogP) is 1.37. The second-order valence-electron chi connectivity index (χ2n) is 3.33. The van der Waals surface area contributed by atoms with Gasteiger partial charge in [0, 0.05) is 11.3 Å². The van der Waals surface area contributed by atoms with Gasteiger partial charge in [-0.3, -0.25) is 4.79 Å². The molecule has 0 aliphatic rings. The van der Waals surface area contributed by atoms with Gasteiger partial charge >= 0.3 is 5.97 Å². The quantitative estimate of drug-likeness (QED) is 0.836. The molecule has 92 valence electrons. The number of hydrogen-bond donors (Lipinski definition) is 2. The highest BCUT2D eigenvalue weighted by Crippen LogP contribution is 2.04. The van der Waals surface area contributed by atoms with Crippen molar-refractivity contribution in [2.45, 2.75) is 6.04 Å². The molecule has 17 heavy (non-hydrogen) atoms. The van der Waals surface area contributed by atoms with Gasteiger partial charge in [0.25, 0.3) is 5.91 Å². The van der Waals surface area contributed by atoms with Crippen molar-refractivity contribution in [2.24, 2.45) is 0 Å². The summed E-state index contributed by atoms with van der Waals surface area (Å²) in [5, 5.41) is 11.2. The number of amides is 1. The molecule has 0 saturated carbocycles. The zero-order chi connectivity index (χ0) is 12.8. The summed E-state index contributed by atoms with van der Waals surface area (Å²) in [5.41, 5.74) is 0.235. The summed E-state index contributed by atoms with van der Waals surface area (Å²) in [6.45, 7) is 0. The van der Waals surface area contributed by atoms with E-state index in [1.165, 1.54) is 23.9 Å². The van der Waals surface area contributed by atoms with Gasteiger partial charge in [-0.05, 0) is 30.5 Å². The summed E-state index contributed by atoms with van der Waals surface area (Å²) in [7, 11) is 0. The van der Waals surface area contributed by atoms with Gasteiger partial charge in [0.15, 0.2) is 0 Å². The van der Waals surface area contributed by atoms with Gasteiger partial charge in [0.2, 0.25) is 0 Å². The smallest absolute Gasteiger partial charge is 0.327 e. The lowest BCUT2D eigenvalue weighted by Gasteiger charge is -2.13. The van der Waals surface area contributed by atoms with Crippen molar-refractivity contribution in [3.63, 3.8) is 0 Å². The molecule has 1 atom stereocenters. The van der Waals surface area contributed by atoms with Gasteiger partial charge in [-0.25, -0.2) is 9.18 Å². The average Bonchev–Trinajstić information content (AvgIpc) is 2.29. The minimum Gasteiger partial charge on any atom is -0.480 e. The number of carbonyl (C=O) groups is 2. The third-order valence-corrected chi connectivity index (χ3v) is 2.71. The topological polar surface area (TPSA) is 66.4 Å². The first-order chi connectivity index (χ1) is 8.04. The molecule has 0 bridgehead atoms. The molecule has 1 aromatic carbocycles. The molecule has 0 radical (unpaired) electrons. The lowest BCUT2D eigenvalue weighted by molar-refractivity contribution is -0.138. The van der Waals surface area contributed by atoms with E-state index in [1.54, 1.807) is 6.26 Å². The Kier molecular flexibility index (Phi) is 4.96. The first kappa shape index (κ1) is 13.5. The van der Waals surface area contributed by atoms with Crippen molar-refractivity contribution in [2.75, 3.05) is 12.0 Å². The molecule has 0 fully saturated rings. The molecule has 0 aliphatic heterocycles. The van der Waals surface area contributed by atoms with Crippen LogP contribution in [0.2, 0.25) is 0 Å². The third kappa shape index (κ3) is 4.07. The van der Waals surface area contributed by atoms with Gasteiger partial charge in [0.1, 0.15) is 11.9 Å². The summed E-state index contributed by atoms with van der Waals surface area (Å²) in [6.07, 6.45) is 1.75. The number of carboxylic acid groups (broad SMARTS) is 1. The number of aliphatic carboxylic acids is 1. The van der Waals surface area contributed by atoms with E-state index >= 15 is 0 Å². The first-order valence-electron chi connectivity index (χ1n) is 4.82. The average molecular weight is 257 g/mol. The maximum atomic E-state index is 12.6. The summed E-state index contributed by atoms with van der Waals surface area (Å²) in [6, 6.07) is 3.98. The third-order valence-electron chi connectivity index (χ3n) is 2.04. The van der Waals surface area contributed by atoms with E-state index in [-0.39, 0.29) is 11.3 Å². The Morgan fingerprint density at radius 1 is 1.41 bits per heavy atom. The Hall–Kier alpha value is -1.56. The van der Waals surface area contributed by atoms with Crippen molar-refractivity contribution >= 4 is 23.6 Å². The summed E-state index contributed by atoms with van der Waals surface area (Å²) >= 11 is 1.32. The normalized spacial score (nSPS) is 11.9. The lowest BCUT2D eigenvalue weighted by Crippen LogP contribution is -2.42. The largest absolute Gasteiger partial charge is 0.480 e. The van der Waals surface area contributed by atoms with Crippen LogP contribution in [0.4, 0.5) is 4.39 Å². The SMILES string of the molecule is CSC[C@H](NC(=O)c1ccc(F)cc1)C(=O)O. The minimum atomic E-state index is -1.09. The Bertz CT molecular complexity index is 408. The Labute approximate surface area is 102 Å². The van der Waals surface area contributed by atoms with Crippen LogP contribution in [0.3, 0.4) is 0 Å². The maximum absolute atomic E-state index is 12.6. The van der Waals surface area contributed by atoms with Gasteiger partial charge in [-0.2, -0.15) is 11.8 Å². The molecule has 0 aliphatic carbocycles. The van der Waals surface area contributed by atoms with Crippen molar-refractivity contribution in [1.29, 1.82) is 0 Å². The van der Waals surface area contributed by atoms with Crippen LogP contribution < -0.4 is 5.32 Å². The second-order valence-corrected chi connectivity index (χ2v) is 4.24. The first-order valence-corrected chi connectivity index (χ1v) is 6.22. The Morgan fingerprint density at radius 2 is 2.00 bits per heavy atom. The summed E-state index contributed by atoms with van der Waals surface area (Å²) in [4.78, 5) is 22.5. The number of halogens is 1. The zero-order valence-electron chi connectivity index (χ0n) is 9.14. The number of carbonyl (C=O) groups excluding carboxylic acids is 1.